The van der Waals surface area contributed by atoms with Crippen molar-refractivity contribution >= 4 is 0 Å². The molecule has 1 aliphatic heterocycles. The second kappa shape index (κ2) is 6.02. The minimum absolute atomic E-state index is 0.818. The van der Waals surface area contributed by atoms with Crippen LogP contribution in [0.3, 0.4) is 0 Å². The standard InChI is InChI=1S/C14H21NO/c1-15-11-14-4-2-3-13(10-14)9-12-5-7-16-8-6-12/h2-4,10,12,15H,5-9,11H2,1H3. The van der Waals surface area contributed by atoms with Gasteiger partial charge in [0.05, 0.1) is 0 Å². The summed E-state index contributed by atoms with van der Waals surface area (Å²) in [6.07, 6.45) is 3.65. The van der Waals surface area contributed by atoms with Crippen LogP contribution < -0.4 is 5.32 Å². The fourth-order valence-electron chi connectivity index (χ4n) is 2.35. The predicted molar refractivity (Wildman–Crippen MR) is 66.5 cm³/mol. The summed E-state index contributed by atoms with van der Waals surface area (Å²) in [5.41, 5.74) is 2.85. The summed E-state index contributed by atoms with van der Waals surface area (Å²) in [7, 11) is 1.99. The molecule has 1 heterocycles. The second-order valence-corrected chi connectivity index (χ2v) is 4.61. The number of hydrogen-bond donors (Lipinski definition) is 1. The molecule has 1 aliphatic rings. The zero-order chi connectivity index (χ0) is 11.2. The van der Waals surface area contributed by atoms with Crippen LogP contribution in [0.1, 0.15) is 24.0 Å². The van der Waals surface area contributed by atoms with E-state index >= 15 is 0 Å². The molecule has 0 bridgehead atoms. The van der Waals surface area contributed by atoms with Crippen molar-refractivity contribution in [2.75, 3.05) is 20.3 Å². The molecule has 2 heteroatoms. The molecular weight excluding hydrogens is 198 g/mol. The van der Waals surface area contributed by atoms with Crippen molar-refractivity contribution in [1.82, 2.24) is 5.32 Å². The normalized spacial score (nSPS) is 17.6. The van der Waals surface area contributed by atoms with Gasteiger partial charge in [0, 0.05) is 19.8 Å². The van der Waals surface area contributed by atoms with E-state index in [2.05, 4.69) is 29.6 Å². The Morgan fingerprint density at radius 2 is 2.00 bits per heavy atom. The fraction of sp³-hybridized carbons (Fsp3) is 0.571. The molecule has 0 atom stereocenters. The third kappa shape index (κ3) is 3.32. The average molecular weight is 219 g/mol. The number of ether oxygens (including phenoxy) is 1. The Hall–Kier alpha value is -0.860. The maximum Gasteiger partial charge on any atom is 0.0468 e. The van der Waals surface area contributed by atoms with Crippen LogP contribution >= 0.6 is 0 Å². The minimum Gasteiger partial charge on any atom is -0.381 e. The SMILES string of the molecule is CNCc1cccc(CC2CCOCC2)c1. The van der Waals surface area contributed by atoms with Gasteiger partial charge in [-0.15, -0.1) is 0 Å². The maximum absolute atomic E-state index is 5.39. The molecule has 0 amide bonds. The summed E-state index contributed by atoms with van der Waals surface area (Å²) in [5.74, 6) is 0.818. The van der Waals surface area contributed by atoms with Crippen molar-refractivity contribution in [3.05, 3.63) is 35.4 Å². The molecule has 16 heavy (non-hydrogen) atoms. The smallest absolute Gasteiger partial charge is 0.0468 e. The molecule has 88 valence electrons. The summed E-state index contributed by atoms with van der Waals surface area (Å²) in [6.45, 7) is 2.85. The van der Waals surface area contributed by atoms with Gasteiger partial charge in [0.2, 0.25) is 0 Å². The highest BCUT2D eigenvalue weighted by atomic mass is 16.5. The highest BCUT2D eigenvalue weighted by Crippen LogP contribution is 2.20. The Morgan fingerprint density at radius 1 is 1.25 bits per heavy atom. The topological polar surface area (TPSA) is 21.3 Å². The number of hydrogen-bond acceptors (Lipinski definition) is 2. The fourth-order valence-corrected chi connectivity index (χ4v) is 2.35. The Balaban J connectivity index is 1.94. The maximum atomic E-state index is 5.39. The van der Waals surface area contributed by atoms with Crippen LogP contribution in [0.2, 0.25) is 0 Å². The zero-order valence-corrected chi connectivity index (χ0v) is 10.0. The van der Waals surface area contributed by atoms with Gasteiger partial charge in [-0.3, -0.25) is 0 Å². The average Bonchev–Trinajstić information content (AvgIpc) is 2.31. The lowest BCUT2D eigenvalue weighted by molar-refractivity contribution is 0.0665. The molecule has 0 unspecified atom stereocenters. The molecule has 0 spiro atoms. The van der Waals surface area contributed by atoms with Crippen LogP contribution in [0.4, 0.5) is 0 Å². The summed E-state index contributed by atoms with van der Waals surface area (Å²) >= 11 is 0. The lowest BCUT2D eigenvalue weighted by atomic mass is 9.92. The van der Waals surface area contributed by atoms with Crippen molar-refractivity contribution in [2.24, 2.45) is 5.92 Å². The summed E-state index contributed by atoms with van der Waals surface area (Å²) in [5, 5.41) is 3.19. The molecule has 1 aromatic rings. The third-order valence-electron chi connectivity index (χ3n) is 3.24. The molecule has 2 nitrogen and oxygen atoms in total. The van der Waals surface area contributed by atoms with E-state index in [0.29, 0.717) is 0 Å². The van der Waals surface area contributed by atoms with Crippen molar-refractivity contribution in [2.45, 2.75) is 25.8 Å². The van der Waals surface area contributed by atoms with Crippen molar-refractivity contribution in [1.29, 1.82) is 0 Å². The molecule has 2 rings (SSSR count). The third-order valence-corrected chi connectivity index (χ3v) is 3.24. The Labute approximate surface area is 98.0 Å². The second-order valence-electron chi connectivity index (χ2n) is 4.61. The monoisotopic (exact) mass is 219 g/mol. The van der Waals surface area contributed by atoms with Crippen LogP contribution in [0.5, 0.6) is 0 Å². The van der Waals surface area contributed by atoms with Gasteiger partial charge in [-0.05, 0) is 43.4 Å². The first-order valence-electron chi connectivity index (χ1n) is 6.18. The molecule has 0 aliphatic carbocycles. The first-order valence-corrected chi connectivity index (χ1v) is 6.18. The van der Waals surface area contributed by atoms with E-state index in [0.717, 1.165) is 25.7 Å². The van der Waals surface area contributed by atoms with Crippen LogP contribution in [-0.2, 0) is 17.7 Å². The molecule has 0 saturated carbocycles. The van der Waals surface area contributed by atoms with Gasteiger partial charge >= 0.3 is 0 Å². The first-order chi connectivity index (χ1) is 7.88. The van der Waals surface area contributed by atoms with Gasteiger partial charge in [-0.1, -0.05) is 24.3 Å². The van der Waals surface area contributed by atoms with Gasteiger partial charge in [0.1, 0.15) is 0 Å². The van der Waals surface area contributed by atoms with Gasteiger partial charge in [0.25, 0.3) is 0 Å². The van der Waals surface area contributed by atoms with Crippen LogP contribution in [0.15, 0.2) is 24.3 Å². The minimum atomic E-state index is 0.818. The quantitative estimate of drug-likeness (QED) is 0.839. The molecule has 1 saturated heterocycles. The van der Waals surface area contributed by atoms with Crippen LogP contribution in [0, 0.1) is 5.92 Å². The van der Waals surface area contributed by atoms with Crippen LogP contribution in [0.25, 0.3) is 0 Å². The molecule has 1 fully saturated rings. The van der Waals surface area contributed by atoms with E-state index in [1.165, 1.54) is 30.4 Å². The zero-order valence-electron chi connectivity index (χ0n) is 10.0. The van der Waals surface area contributed by atoms with Crippen molar-refractivity contribution in [3.8, 4) is 0 Å². The van der Waals surface area contributed by atoms with E-state index < -0.39 is 0 Å². The van der Waals surface area contributed by atoms with E-state index in [9.17, 15) is 0 Å². The van der Waals surface area contributed by atoms with E-state index in [4.69, 9.17) is 4.74 Å². The van der Waals surface area contributed by atoms with Gasteiger partial charge in [-0.2, -0.15) is 0 Å². The number of benzene rings is 1. The number of nitrogens with one attached hydrogen (secondary N) is 1. The Kier molecular flexibility index (Phi) is 4.37. The summed E-state index contributed by atoms with van der Waals surface area (Å²) < 4.78 is 5.39. The molecule has 1 aromatic carbocycles. The van der Waals surface area contributed by atoms with Gasteiger partial charge in [0.15, 0.2) is 0 Å². The molecule has 1 N–H and O–H groups in total. The molecule has 0 radical (unpaired) electrons. The van der Waals surface area contributed by atoms with Gasteiger partial charge < -0.3 is 10.1 Å². The highest BCUT2D eigenvalue weighted by molar-refractivity contribution is 5.23. The largest absolute Gasteiger partial charge is 0.381 e. The van der Waals surface area contributed by atoms with E-state index in [-0.39, 0.29) is 0 Å². The Bertz CT molecular complexity index is 318. The summed E-state index contributed by atoms with van der Waals surface area (Å²) in [4.78, 5) is 0. The number of rotatable bonds is 4. The lowest BCUT2D eigenvalue weighted by Crippen LogP contribution is -2.17. The van der Waals surface area contributed by atoms with Crippen molar-refractivity contribution < 1.29 is 4.74 Å². The first kappa shape index (κ1) is 11.6. The summed E-state index contributed by atoms with van der Waals surface area (Å²) in [6, 6.07) is 8.92. The van der Waals surface area contributed by atoms with E-state index in [1.54, 1.807) is 0 Å². The highest BCUT2D eigenvalue weighted by Gasteiger charge is 2.14. The van der Waals surface area contributed by atoms with Crippen LogP contribution in [-0.4, -0.2) is 20.3 Å². The predicted octanol–water partition coefficient (Wildman–Crippen LogP) is 2.38. The molecular formula is C14H21NO. The van der Waals surface area contributed by atoms with Crippen molar-refractivity contribution in [3.63, 3.8) is 0 Å². The van der Waals surface area contributed by atoms with Gasteiger partial charge in [-0.25, -0.2) is 0 Å². The Morgan fingerprint density at radius 3 is 2.75 bits per heavy atom. The van der Waals surface area contributed by atoms with E-state index in [1.807, 2.05) is 7.05 Å². The molecule has 0 aromatic heterocycles. The lowest BCUT2D eigenvalue weighted by Gasteiger charge is -2.22.